The van der Waals surface area contributed by atoms with Gasteiger partial charge in [-0.05, 0) is 30.2 Å². The summed E-state index contributed by atoms with van der Waals surface area (Å²) in [6.07, 6.45) is -2.89. The summed E-state index contributed by atoms with van der Waals surface area (Å²) in [6.45, 7) is 6.24. The fourth-order valence-corrected chi connectivity index (χ4v) is 2.31. The Labute approximate surface area is 161 Å². The summed E-state index contributed by atoms with van der Waals surface area (Å²) in [6, 6.07) is 4.94. The van der Waals surface area contributed by atoms with Gasteiger partial charge in [-0.1, -0.05) is 27.7 Å². The molecule has 0 saturated heterocycles. The van der Waals surface area contributed by atoms with Crippen molar-refractivity contribution in [3.63, 3.8) is 0 Å². The summed E-state index contributed by atoms with van der Waals surface area (Å²) >= 11 is 0. The number of benzene rings is 1. The molecule has 1 aromatic carbocycles. The highest BCUT2D eigenvalue weighted by molar-refractivity contribution is 5.93. The van der Waals surface area contributed by atoms with Gasteiger partial charge in [0.1, 0.15) is 0 Å². The van der Waals surface area contributed by atoms with Gasteiger partial charge >= 0.3 is 23.8 Å². The molecule has 0 aliphatic rings. The predicted molar refractivity (Wildman–Crippen MR) is 94.1 cm³/mol. The largest absolute Gasteiger partial charge is 0.477 e. The van der Waals surface area contributed by atoms with Gasteiger partial charge in [-0.25, -0.2) is 14.4 Å². The van der Waals surface area contributed by atoms with E-state index in [0.717, 1.165) is 0 Å². The number of carbonyl (C=O) groups excluding carboxylic acids is 2. The maximum absolute atomic E-state index is 13.8. The van der Waals surface area contributed by atoms with Crippen molar-refractivity contribution < 1.29 is 42.5 Å². The van der Waals surface area contributed by atoms with E-state index in [0.29, 0.717) is 0 Å². The highest BCUT2D eigenvalue weighted by Gasteiger charge is 2.51. The number of hydrogen-bond acceptors (Lipinski definition) is 6. The van der Waals surface area contributed by atoms with E-state index in [1.165, 1.54) is 45.2 Å². The molecule has 0 fully saturated rings. The molecule has 28 heavy (non-hydrogen) atoms. The van der Waals surface area contributed by atoms with Crippen molar-refractivity contribution in [2.45, 2.75) is 46.0 Å². The zero-order chi connectivity index (χ0) is 21.6. The molecule has 9 heteroatoms. The summed E-state index contributed by atoms with van der Waals surface area (Å²) in [7, 11) is 1.40. The van der Waals surface area contributed by atoms with E-state index >= 15 is 0 Å². The summed E-state index contributed by atoms with van der Waals surface area (Å²) in [4.78, 5) is 35.0. The molecular weight excluding hydrogens is 378 g/mol. The van der Waals surface area contributed by atoms with Crippen LogP contribution in [0.2, 0.25) is 0 Å². The van der Waals surface area contributed by atoms with Crippen molar-refractivity contribution in [1.29, 1.82) is 0 Å². The van der Waals surface area contributed by atoms with Crippen LogP contribution >= 0.6 is 0 Å². The molecular formula is C19H24F2O7. The first-order valence-electron chi connectivity index (χ1n) is 8.57. The van der Waals surface area contributed by atoms with Crippen LogP contribution in [0.1, 0.15) is 48.4 Å². The van der Waals surface area contributed by atoms with Gasteiger partial charge in [0.15, 0.2) is 6.10 Å². The zero-order valence-electron chi connectivity index (χ0n) is 16.3. The third-order valence-electron chi connectivity index (χ3n) is 3.84. The van der Waals surface area contributed by atoms with E-state index in [2.05, 4.69) is 0 Å². The van der Waals surface area contributed by atoms with E-state index in [1.807, 2.05) is 0 Å². The zero-order valence-corrected chi connectivity index (χ0v) is 16.3. The first-order valence-corrected chi connectivity index (χ1v) is 8.57. The highest BCUT2D eigenvalue weighted by atomic mass is 19.3. The summed E-state index contributed by atoms with van der Waals surface area (Å²) in [5, 5.41) is 8.67. The van der Waals surface area contributed by atoms with E-state index < -0.39 is 42.1 Å². The molecule has 1 rings (SSSR count). The first kappa shape index (κ1) is 23.5. The van der Waals surface area contributed by atoms with Gasteiger partial charge in [-0.15, -0.1) is 0 Å². The van der Waals surface area contributed by atoms with Gasteiger partial charge < -0.3 is 19.3 Å². The molecule has 156 valence electrons. The lowest BCUT2D eigenvalue weighted by molar-refractivity contribution is -0.187. The second kappa shape index (κ2) is 9.59. The van der Waals surface area contributed by atoms with Crippen molar-refractivity contribution in [2.24, 2.45) is 11.8 Å². The minimum Gasteiger partial charge on any atom is -0.477 e. The molecule has 0 aromatic heterocycles. The lowest BCUT2D eigenvalue weighted by Gasteiger charge is -2.26. The van der Waals surface area contributed by atoms with Crippen LogP contribution in [0.15, 0.2) is 24.3 Å². The van der Waals surface area contributed by atoms with Gasteiger partial charge in [0.25, 0.3) is 0 Å². The predicted octanol–water partition coefficient (Wildman–Crippen LogP) is 3.37. The third-order valence-corrected chi connectivity index (χ3v) is 3.84. The molecule has 0 heterocycles. The average molecular weight is 402 g/mol. The average Bonchev–Trinajstić information content (AvgIpc) is 2.62. The highest BCUT2D eigenvalue weighted by Crippen LogP contribution is 2.28. The van der Waals surface area contributed by atoms with E-state index in [9.17, 15) is 23.2 Å². The number of alkyl halides is 2. The van der Waals surface area contributed by atoms with Crippen LogP contribution in [0.5, 0.6) is 0 Å². The number of carbonyl (C=O) groups is 3. The van der Waals surface area contributed by atoms with E-state index in [-0.39, 0.29) is 17.0 Å². The minimum atomic E-state index is -4.24. The molecule has 7 nitrogen and oxygen atoms in total. The Morgan fingerprint density at radius 2 is 1.32 bits per heavy atom. The number of carboxylic acids is 1. The normalized spacial score (nSPS) is 13.9. The summed E-state index contributed by atoms with van der Waals surface area (Å²) in [5.74, 6) is -9.44. The lowest BCUT2D eigenvalue weighted by Crippen LogP contribution is -2.47. The number of aliphatic carboxylic acids is 1. The van der Waals surface area contributed by atoms with Crippen LogP contribution < -0.4 is 0 Å². The Hall–Kier alpha value is -2.55. The van der Waals surface area contributed by atoms with Crippen LogP contribution in [-0.2, 0) is 19.0 Å². The summed E-state index contributed by atoms with van der Waals surface area (Å²) in [5.41, 5.74) is 0.00562. The standard InChI is InChI=1S/C19H24F2O7/c1-10(2)14(19(20,21)18(24)25)27-15(22)12-6-8-13(9-7-12)16(23)28-17(26-5)11(3)4/h6-11,14,17H,1-5H3,(H,24,25). The third kappa shape index (κ3) is 5.72. The van der Waals surface area contributed by atoms with Crippen LogP contribution in [-0.4, -0.2) is 48.4 Å². The number of methoxy groups -OCH3 is 1. The van der Waals surface area contributed by atoms with Gasteiger partial charge in [0.2, 0.25) is 6.29 Å². The summed E-state index contributed by atoms with van der Waals surface area (Å²) < 4.78 is 42.5. The van der Waals surface area contributed by atoms with Gasteiger partial charge in [0, 0.05) is 13.0 Å². The molecule has 2 unspecified atom stereocenters. The number of rotatable bonds is 9. The fourth-order valence-electron chi connectivity index (χ4n) is 2.31. The van der Waals surface area contributed by atoms with Crippen LogP contribution in [0.25, 0.3) is 0 Å². The Morgan fingerprint density at radius 1 is 0.893 bits per heavy atom. The van der Waals surface area contributed by atoms with Crippen LogP contribution in [0.3, 0.4) is 0 Å². The molecule has 0 spiro atoms. The van der Waals surface area contributed by atoms with Crippen molar-refractivity contribution in [2.75, 3.05) is 7.11 Å². The fraction of sp³-hybridized carbons (Fsp3) is 0.526. The molecule has 0 radical (unpaired) electrons. The smallest absolute Gasteiger partial charge is 0.378 e. The van der Waals surface area contributed by atoms with Gasteiger partial charge in [-0.3, -0.25) is 0 Å². The Balaban J connectivity index is 2.91. The molecule has 0 amide bonds. The molecule has 0 aliphatic heterocycles. The Morgan fingerprint density at radius 3 is 1.64 bits per heavy atom. The molecule has 1 aromatic rings. The minimum absolute atomic E-state index is 0.0768. The maximum atomic E-state index is 13.8. The number of halogens is 2. The number of esters is 2. The van der Waals surface area contributed by atoms with E-state index in [4.69, 9.17) is 19.3 Å². The second-order valence-electron chi connectivity index (χ2n) is 6.83. The van der Waals surface area contributed by atoms with Crippen molar-refractivity contribution in [3.05, 3.63) is 35.4 Å². The number of carboxylic acid groups (broad SMARTS) is 1. The molecule has 0 aliphatic carbocycles. The van der Waals surface area contributed by atoms with Crippen molar-refractivity contribution in [3.8, 4) is 0 Å². The number of ether oxygens (including phenoxy) is 3. The lowest BCUT2D eigenvalue weighted by atomic mass is 10.0. The molecule has 0 saturated carbocycles. The van der Waals surface area contributed by atoms with E-state index in [1.54, 1.807) is 13.8 Å². The monoisotopic (exact) mass is 402 g/mol. The van der Waals surface area contributed by atoms with Crippen molar-refractivity contribution in [1.82, 2.24) is 0 Å². The van der Waals surface area contributed by atoms with Gasteiger partial charge in [0.05, 0.1) is 11.1 Å². The molecule has 1 N–H and O–H groups in total. The Bertz CT molecular complexity index is 699. The Kier molecular flexibility index (Phi) is 8.04. The topological polar surface area (TPSA) is 99.1 Å². The molecule has 2 atom stereocenters. The SMILES string of the molecule is COC(OC(=O)c1ccc(C(=O)OC(C(C)C)C(F)(F)C(=O)O)cc1)C(C)C. The second-order valence-corrected chi connectivity index (χ2v) is 6.83. The van der Waals surface area contributed by atoms with Gasteiger partial charge in [-0.2, -0.15) is 8.78 Å². The first-order chi connectivity index (χ1) is 12.9. The maximum Gasteiger partial charge on any atom is 0.378 e. The molecule has 0 bridgehead atoms. The van der Waals surface area contributed by atoms with Crippen LogP contribution in [0, 0.1) is 11.8 Å². The van der Waals surface area contributed by atoms with Crippen molar-refractivity contribution >= 4 is 17.9 Å². The number of hydrogen-bond donors (Lipinski definition) is 1. The quantitative estimate of drug-likeness (QED) is 0.499. The van der Waals surface area contributed by atoms with Crippen LogP contribution in [0.4, 0.5) is 8.78 Å².